The fraction of sp³-hybridized carbons (Fsp3) is 0.789. The van der Waals surface area contributed by atoms with E-state index >= 15 is 0 Å². The third kappa shape index (κ3) is 8.12. The maximum atomic E-state index is 4.27. The number of rotatable bonds is 2. The molecule has 0 unspecified atom stereocenters. The first-order valence-corrected chi connectivity index (χ1v) is 9.60. The molecule has 0 atom stereocenters. The van der Waals surface area contributed by atoms with Gasteiger partial charge < -0.3 is 19.6 Å². The summed E-state index contributed by atoms with van der Waals surface area (Å²) in [6.45, 7) is 10.9. The van der Waals surface area contributed by atoms with E-state index in [4.69, 9.17) is 0 Å². The standard InChI is InChI=1S/C9H14N4.C8H18N2.C2H6/c1-12-4-6-13(7-5-12)9-8-10-2-3-11-9;1-9(2)8-4-6-10(3)7-5-8;1-2/h2-3,8H,4-7H2,1H3;8H,4-7H2,1-3H3;1-2H3. The number of piperidine rings is 1. The summed E-state index contributed by atoms with van der Waals surface area (Å²) < 4.78 is 0. The molecule has 6 nitrogen and oxygen atoms in total. The van der Waals surface area contributed by atoms with E-state index in [-0.39, 0.29) is 0 Å². The summed E-state index contributed by atoms with van der Waals surface area (Å²) in [5.41, 5.74) is 0. The van der Waals surface area contributed by atoms with Crippen LogP contribution in [-0.2, 0) is 0 Å². The number of likely N-dealkylation sites (tertiary alicyclic amines) is 1. The smallest absolute Gasteiger partial charge is 0.147 e. The van der Waals surface area contributed by atoms with Crippen molar-refractivity contribution in [2.75, 3.05) is 72.4 Å². The lowest BCUT2D eigenvalue weighted by atomic mass is 10.1. The maximum Gasteiger partial charge on any atom is 0.147 e. The van der Waals surface area contributed by atoms with Crippen molar-refractivity contribution in [1.29, 1.82) is 0 Å². The average Bonchev–Trinajstić information content (AvgIpc) is 2.66. The minimum Gasteiger partial charge on any atom is -0.353 e. The first-order chi connectivity index (χ1) is 12.1. The van der Waals surface area contributed by atoms with E-state index in [0.29, 0.717) is 0 Å². The molecular formula is C19H38N6. The molecule has 2 saturated heterocycles. The number of anilines is 1. The predicted molar refractivity (Wildman–Crippen MR) is 107 cm³/mol. The van der Waals surface area contributed by atoms with Crippen molar-refractivity contribution in [3.05, 3.63) is 18.6 Å². The molecule has 0 aliphatic carbocycles. The molecule has 2 fully saturated rings. The van der Waals surface area contributed by atoms with Gasteiger partial charge in [0.05, 0.1) is 6.20 Å². The highest BCUT2D eigenvalue weighted by molar-refractivity contribution is 5.35. The highest BCUT2D eigenvalue weighted by Gasteiger charge is 2.17. The Hall–Kier alpha value is -1.24. The van der Waals surface area contributed by atoms with E-state index in [9.17, 15) is 0 Å². The molecule has 0 aromatic carbocycles. The van der Waals surface area contributed by atoms with Crippen LogP contribution in [0.2, 0.25) is 0 Å². The lowest BCUT2D eigenvalue weighted by Gasteiger charge is -2.32. The molecule has 3 heterocycles. The molecule has 0 radical (unpaired) electrons. The third-order valence-corrected chi connectivity index (χ3v) is 4.80. The second kappa shape index (κ2) is 12.2. The molecule has 3 rings (SSSR count). The van der Waals surface area contributed by atoms with Crippen LogP contribution in [0.15, 0.2) is 18.6 Å². The Bertz CT molecular complexity index is 423. The molecule has 0 saturated carbocycles. The summed E-state index contributed by atoms with van der Waals surface area (Å²) in [5, 5.41) is 0. The lowest BCUT2D eigenvalue weighted by molar-refractivity contribution is 0.166. The molecule has 2 aliphatic rings. The summed E-state index contributed by atoms with van der Waals surface area (Å²) in [5.74, 6) is 0.996. The van der Waals surface area contributed by atoms with Crippen LogP contribution >= 0.6 is 0 Å². The van der Waals surface area contributed by atoms with E-state index in [1.165, 1.54) is 25.9 Å². The van der Waals surface area contributed by atoms with Crippen LogP contribution < -0.4 is 4.90 Å². The lowest BCUT2D eigenvalue weighted by Crippen LogP contribution is -2.44. The third-order valence-electron chi connectivity index (χ3n) is 4.80. The Labute approximate surface area is 154 Å². The highest BCUT2D eigenvalue weighted by atomic mass is 15.3. The minimum atomic E-state index is 0.830. The van der Waals surface area contributed by atoms with Crippen LogP contribution in [0.5, 0.6) is 0 Å². The van der Waals surface area contributed by atoms with Gasteiger partial charge in [-0.05, 0) is 54.1 Å². The highest BCUT2D eigenvalue weighted by Crippen LogP contribution is 2.12. The minimum absolute atomic E-state index is 0.830. The van der Waals surface area contributed by atoms with Crippen LogP contribution in [0.25, 0.3) is 0 Å². The van der Waals surface area contributed by atoms with Crippen molar-refractivity contribution < 1.29 is 0 Å². The van der Waals surface area contributed by atoms with Crippen molar-refractivity contribution in [3.63, 3.8) is 0 Å². The van der Waals surface area contributed by atoms with E-state index in [0.717, 1.165) is 38.0 Å². The molecule has 144 valence electrons. The van der Waals surface area contributed by atoms with Crippen molar-refractivity contribution in [3.8, 4) is 0 Å². The van der Waals surface area contributed by atoms with E-state index in [2.05, 4.69) is 57.8 Å². The Kier molecular flexibility index (Phi) is 10.6. The molecular weight excluding hydrogens is 312 g/mol. The van der Waals surface area contributed by atoms with Crippen LogP contribution in [0, 0.1) is 0 Å². The zero-order valence-electron chi connectivity index (χ0n) is 17.1. The topological polar surface area (TPSA) is 38.7 Å². The van der Waals surface area contributed by atoms with Gasteiger partial charge in [-0.15, -0.1) is 0 Å². The van der Waals surface area contributed by atoms with E-state index in [1.54, 1.807) is 12.4 Å². The van der Waals surface area contributed by atoms with Gasteiger partial charge in [0.15, 0.2) is 0 Å². The Balaban J connectivity index is 0.000000235. The molecule has 6 heteroatoms. The van der Waals surface area contributed by atoms with Crippen LogP contribution in [0.3, 0.4) is 0 Å². The van der Waals surface area contributed by atoms with Crippen LogP contribution in [0.4, 0.5) is 5.82 Å². The van der Waals surface area contributed by atoms with Crippen LogP contribution in [0.1, 0.15) is 26.7 Å². The normalized spacial score (nSPS) is 19.7. The Morgan fingerprint density at radius 2 is 1.44 bits per heavy atom. The summed E-state index contributed by atoms with van der Waals surface area (Å²) in [6.07, 6.45) is 7.95. The zero-order valence-corrected chi connectivity index (χ0v) is 17.1. The van der Waals surface area contributed by atoms with Gasteiger partial charge in [0, 0.05) is 44.6 Å². The number of nitrogens with zero attached hydrogens (tertiary/aromatic N) is 6. The van der Waals surface area contributed by atoms with Gasteiger partial charge in [0.2, 0.25) is 0 Å². The van der Waals surface area contributed by atoms with Crippen molar-refractivity contribution in [1.82, 2.24) is 24.7 Å². The Morgan fingerprint density at radius 1 is 0.880 bits per heavy atom. The number of hydrogen-bond donors (Lipinski definition) is 0. The Morgan fingerprint density at radius 3 is 1.92 bits per heavy atom. The number of hydrogen-bond acceptors (Lipinski definition) is 6. The summed E-state index contributed by atoms with van der Waals surface area (Å²) in [6, 6.07) is 0.830. The van der Waals surface area contributed by atoms with Gasteiger partial charge in [0.25, 0.3) is 0 Å². The van der Waals surface area contributed by atoms with E-state index in [1.807, 2.05) is 20.0 Å². The molecule has 1 aromatic rings. The van der Waals surface area contributed by atoms with Crippen molar-refractivity contribution in [2.24, 2.45) is 0 Å². The average molecular weight is 351 g/mol. The first-order valence-electron chi connectivity index (χ1n) is 9.60. The fourth-order valence-corrected chi connectivity index (χ4v) is 3.00. The van der Waals surface area contributed by atoms with Crippen molar-refractivity contribution in [2.45, 2.75) is 32.7 Å². The second-order valence-corrected chi connectivity index (χ2v) is 6.85. The second-order valence-electron chi connectivity index (χ2n) is 6.85. The molecule has 0 amide bonds. The van der Waals surface area contributed by atoms with Gasteiger partial charge in [-0.1, -0.05) is 13.8 Å². The quantitative estimate of drug-likeness (QED) is 0.811. The monoisotopic (exact) mass is 350 g/mol. The molecule has 2 aliphatic heterocycles. The van der Waals surface area contributed by atoms with Gasteiger partial charge in [-0.2, -0.15) is 0 Å². The van der Waals surface area contributed by atoms with Gasteiger partial charge in [-0.25, -0.2) is 4.98 Å². The summed E-state index contributed by atoms with van der Waals surface area (Å²) in [4.78, 5) is 17.7. The summed E-state index contributed by atoms with van der Waals surface area (Å²) >= 11 is 0. The van der Waals surface area contributed by atoms with Gasteiger partial charge in [-0.3, -0.25) is 4.98 Å². The zero-order chi connectivity index (χ0) is 18.7. The number of likely N-dealkylation sites (N-methyl/N-ethyl adjacent to an activating group) is 1. The molecule has 25 heavy (non-hydrogen) atoms. The molecule has 0 N–H and O–H groups in total. The van der Waals surface area contributed by atoms with E-state index < -0.39 is 0 Å². The number of aromatic nitrogens is 2. The number of piperazine rings is 1. The van der Waals surface area contributed by atoms with Crippen molar-refractivity contribution >= 4 is 5.82 Å². The first kappa shape index (κ1) is 21.8. The largest absolute Gasteiger partial charge is 0.353 e. The molecule has 0 spiro atoms. The van der Waals surface area contributed by atoms with Gasteiger partial charge >= 0.3 is 0 Å². The SMILES string of the molecule is CC.CN1CCC(N(C)C)CC1.CN1CCN(c2cnccn2)CC1. The summed E-state index contributed by atoms with van der Waals surface area (Å²) in [7, 11) is 8.70. The van der Waals surface area contributed by atoms with Gasteiger partial charge in [0.1, 0.15) is 5.82 Å². The fourth-order valence-electron chi connectivity index (χ4n) is 3.00. The molecule has 0 bridgehead atoms. The maximum absolute atomic E-state index is 4.27. The predicted octanol–water partition coefficient (Wildman–Crippen LogP) is 1.90. The molecule has 1 aromatic heterocycles. The van der Waals surface area contributed by atoms with Crippen LogP contribution in [-0.4, -0.2) is 98.2 Å².